The summed E-state index contributed by atoms with van der Waals surface area (Å²) in [4.78, 5) is 4.55. The van der Waals surface area contributed by atoms with E-state index in [4.69, 9.17) is 4.74 Å². The van der Waals surface area contributed by atoms with Crippen LogP contribution in [0.15, 0.2) is 5.38 Å². The van der Waals surface area contributed by atoms with E-state index < -0.39 is 0 Å². The molecular formula is C10H15NO2S. The lowest BCUT2D eigenvalue weighted by Crippen LogP contribution is -2.50. The summed E-state index contributed by atoms with van der Waals surface area (Å²) in [6.07, 6.45) is 0. The van der Waals surface area contributed by atoms with Gasteiger partial charge in [-0.05, 0) is 0 Å². The van der Waals surface area contributed by atoms with Gasteiger partial charge in [0.25, 0.3) is 0 Å². The molecule has 14 heavy (non-hydrogen) atoms. The summed E-state index contributed by atoms with van der Waals surface area (Å²) in [6.45, 7) is 5.60. The minimum atomic E-state index is -0.205. The summed E-state index contributed by atoms with van der Waals surface area (Å²) in [7, 11) is 0. The summed E-state index contributed by atoms with van der Waals surface area (Å²) < 4.78 is 5.16. The average Bonchev–Trinajstić information content (AvgIpc) is 2.52. The molecule has 3 nitrogen and oxygen atoms in total. The van der Waals surface area contributed by atoms with Gasteiger partial charge in [0.15, 0.2) is 0 Å². The molecule has 0 atom stereocenters. The Hall–Kier alpha value is -0.450. The minimum Gasteiger partial charge on any atom is -0.395 e. The van der Waals surface area contributed by atoms with Crippen LogP contribution in [0.5, 0.6) is 0 Å². The Morgan fingerprint density at radius 1 is 1.64 bits per heavy atom. The zero-order chi connectivity index (χ0) is 10.2. The average molecular weight is 213 g/mol. The molecule has 78 valence electrons. The van der Waals surface area contributed by atoms with Crippen LogP contribution in [0.1, 0.15) is 30.5 Å². The van der Waals surface area contributed by atoms with Crippen molar-refractivity contribution in [3.63, 3.8) is 0 Å². The van der Waals surface area contributed by atoms with E-state index in [1.807, 2.05) is 5.38 Å². The standard InChI is InChI=1S/C10H15NO2S/c1-7(2)9-11-8(3-14-9)10(4-12)5-13-6-10/h3,7,12H,4-6H2,1-2H3. The van der Waals surface area contributed by atoms with Gasteiger partial charge in [-0.15, -0.1) is 11.3 Å². The third-order valence-electron chi connectivity index (χ3n) is 2.62. The number of aliphatic hydroxyl groups is 1. The quantitative estimate of drug-likeness (QED) is 0.828. The molecule has 0 aliphatic carbocycles. The predicted molar refractivity (Wildman–Crippen MR) is 55.8 cm³/mol. The van der Waals surface area contributed by atoms with Crippen LogP contribution < -0.4 is 0 Å². The van der Waals surface area contributed by atoms with Crippen molar-refractivity contribution in [1.82, 2.24) is 4.98 Å². The second-order valence-corrected chi connectivity index (χ2v) is 5.05. The highest BCUT2D eigenvalue weighted by molar-refractivity contribution is 7.09. The van der Waals surface area contributed by atoms with Crippen LogP contribution >= 0.6 is 11.3 Å². The Balaban J connectivity index is 2.23. The van der Waals surface area contributed by atoms with Crippen LogP contribution in [0.4, 0.5) is 0 Å². The lowest BCUT2D eigenvalue weighted by molar-refractivity contribution is -0.0860. The van der Waals surface area contributed by atoms with Gasteiger partial charge >= 0.3 is 0 Å². The molecular weight excluding hydrogens is 198 g/mol. The van der Waals surface area contributed by atoms with Crippen LogP contribution in [0.2, 0.25) is 0 Å². The van der Waals surface area contributed by atoms with Gasteiger partial charge in [0.1, 0.15) is 0 Å². The van der Waals surface area contributed by atoms with Crippen molar-refractivity contribution >= 4 is 11.3 Å². The summed E-state index contributed by atoms with van der Waals surface area (Å²) in [5.74, 6) is 0.463. The van der Waals surface area contributed by atoms with Gasteiger partial charge in [-0.3, -0.25) is 0 Å². The molecule has 0 unspecified atom stereocenters. The highest BCUT2D eigenvalue weighted by atomic mass is 32.1. The lowest BCUT2D eigenvalue weighted by atomic mass is 9.84. The number of rotatable bonds is 3. The van der Waals surface area contributed by atoms with Gasteiger partial charge in [-0.25, -0.2) is 4.98 Å². The molecule has 1 aliphatic rings. The monoisotopic (exact) mass is 213 g/mol. The molecule has 1 aliphatic heterocycles. The van der Waals surface area contributed by atoms with Crippen molar-refractivity contribution in [2.75, 3.05) is 19.8 Å². The number of hydrogen-bond donors (Lipinski definition) is 1. The van der Waals surface area contributed by atoms with Crippen molar-refractivity contribution in [2.24, 2.45) is 0 Å². The Morgan fingerprint density at radius 3 is 2.71 bits per heavy atom. The van der Waals surface area contributed by atoms with Crippen molar-refractivity contribution in [3.05, 3.63) is 16.1 Å². The van der Waals surface area contributed by atoms with E-state index in [0.717, 1.165) is 10.7 Å². The van der Waals surface area contributed by atoms with E-state index in [1.165, 1.54) is 0 Å². The van der Waals surface area contributed by atoms with Crippen molar-refractivity contribution in [1.29, 1.82) is 0 Å². The fourth-order valence-corrected chi connectivity index (χ4v) is 2.42. The molecule has 0 aromatic carbocycles. The second-order valence-electron chi connectivity index (χ2n) is 4.16. The second kappa shape index (κ2) is 3.61. The van der Waals surface area contributed by atoms with E-state index in [-0.39, 0.29) is 12.0 Å². The fraction of sp³-hybridized carbons (Fsp3) is 0.700. The molecule has 1 N–H and O–H groups in total. The van der Waals surface area contributed by atoms with E-state index in [9.17, 15) is 5.11 Å². The molecule has 0 radical (unpaired) electrons. The smallest absolute Gasteiger partial charge is 0.0954 e. The zero-order valence-corrected chi connectivity index (χ0v) is 9.30. The molecule has 1 aromatic rings. The van der Waals surface area contributed by atoms with Gasteiger partial charge in [0.2, 0.25) is 0 Å². The van der Waals surface area contributed by atoms with Crippen LogP contribution in [-0.4, -0.2) is 29.9 Å². The van der Waals surface area contributed by atoms with Crippen molar-refractivity contribution < 1.29 is 9.84 Å². The maximum absolute atomic E-state index is 9.32. The van der Waals surface area contributed by atoms with Gasteiger partial charge in [0.05, 0.1) is 35.9 Å². The Kier molecular flexibility index (Phi) is 2.60. The molecule has 0 spiro atoms. The largest absolute Gasteiger partial charge is 0.395 e. The Bertz CT molecular complexity index is 312. The molecule has 0 amide bonds. The van der Waals surface area contributed by atoms with Gasteiger partial charge in [0, 0.05) is 11.3 Å². The summed E-state index contributed by atoms with van der Waals surface area (Å²) in [5, 5.41) is 12.5. The number of aromatic nitrogens is 1. The molecule has 4 heteroatoms. The summed E-state index contributed by atoms with van der Waals surface area (Å²) >= 11 is 1.67. The number of thiazole rings is 1. The van der Waals surface area contributed by atoms with Crippen LogP contribution in [0.3, 0.4) is 0 Å². The normalized spacial score (nSPS) is 19.7. The summed E-state index contributed by atoms with van der Waals surface area (Å²) in [6, 6.07) is 0. The fourth-order valence-electron chi connectivity index (χ4n) is 1.47. The van der Waals surface area contributed by atoms with Crippen LogP contribution in [0.25, 0.3) is 0 Å². The van der Waals surface area contributed by atoms with E-state index in [1.54, 1.807) is 11.3 Å². The molecule has 0 bridgehead atoms. The van der Waals surface area contributed by atoms with Crippen molar-refractivity contribution in [2.45, 2.75) is 25.2 Å². The molecule has 1 fully saturated rings. The highest BCUT2D eigenvalue weighted by Gasteiger charge is 2.42. The maximum Gasteiger partial charge on any atom is 0.0954 e. The molecule has 2 rings (SSSR count). The number of hydrogen-bond acceptors (Lipinski definition) is 4. The van der Waals surface area contributed by atoms with Gasteiger partial charge in [-0.2, -0.15) is 0 Å². The van der Waals surface area contributed by atoms with E-state index >= 15 is 0 Å². The Morgan fingerprint density at radius 2 is 2.36 bits per heavy atom. The first-order valence-electron chi connectivity index (χ1n) is 4.82. The highest BCUT2D eigenvalue weighted by Crippen LogP contribution is 2.33. The maximum atomic E-state index is 9.32. The number of ether oxygens (including phenoxy) is 1. The first kappa shape index (κ1) is 10.1. The first-order chi connectivity index (χ1) is 6.68. The van der Waals surface area contributed by atoms with Crippen molar-refractivity contribution in [3.8, 4) is 0 Å². The Labute approximate surface area is 87.7 Å². The molecule has 1 aromatic heterocycles. The summed E-state index contributed by atoms with van der Waals surface area (Å²) in [5.41, 5.74) is 0.795. The van der Waals surface area contributed by atoms with Gasteiger partial charge in [-0.1, -0.05) is 13.8 Å². The molecule has 0 saturated carbocycles. The van der Waals surface area contributed by atoms with E-state index in [0.29, 0.717) is 19.1 Å². The molecule has 1 saturated heterocycles. The molecule has 2 heterocycles. The zero-order valence-electron chi connectivity index (χ0n) is 8.49. The first-order valence-corrected chi connectivity index (χ1v) is 5.70. The SMILES string of the molecule is CC(C)c1nc(C2(CO)COC2)cs1. The van der Waals surface area contributed by atoms with Crippen LogP contribution in [0, 0.1) is 0 Å². The third kappa shape index (κ3) is 1.47. The predicted octanol–water partition coefficient (Wildman–Crippen LogP) is 1.53. The van der Waals surface area contributed by atoms with Gasteiger partial charge < -0.3 is 9.84 Å². The number of nitrogens with zero attached hydrogens (tertiary/aromatic N) is 1. The lowest BCUT2D eigenvalue weighted by Gasteiger charge is -2.38. The van der Waals surface area contributed by atoms with Crippen LogP contribution in [-0.2, 0) is 10.2 Å². The van der Waals surface area contributed by atoms with E-state index in [2.05, 4.69) is 18.8 Å². The minimum absolute atomic E-state index is 0.133. The topological polar surface area (TPSA) is 42.4 Å². The number of aliphatic hydroxyl groups excluding tert-OH is 1. The third-order valence-corrected chi connectivity index (χ3v) is 3.76.